The van der Waals surface area contributed by atoms with E-state index in [0.29, 0.717) is 0 Å². The van der Waals surface area contributed by atoms with E-state index in [-0.39, 0.29) is 45.1 Å². The summed E-state index contributed by atoms with van der Waals surface area (Å²) >= 11 is 0. The average Bonchev–Trinajstić information content (AvgIpc) is 1.00. The summed E-state index contributed by atoms with van der Waals surface area (Å²) in [6.45, 7) is 3.50. The monoisotopic (exact) mass is 107 g/mol. The van der Waals surface area contributed by atoms with Crippen LogP contribution in [0.5, 0.6) is 0 Å². The number of hydrogen-bond acceptors (Lipinski definition) is 1. The predicted molar refractivity (Wildman–Crippen MR) is 22.3 cm³/mol. The molecule has 4 heteroatoms. The molecule has 0 aliphatic rings. The molecule has 5 heavy (non-hydrogen) atoms. The van der Waals surface area contributed by atoms with E-state index in [2.05, 4.69) is 6.57 Å². The molecule has 0 spiro atoms. The van der Waals surface area contributed by atoms with Gasteiger partial charge in [-0.05, 0) is 0 Å². The first kappa shape index (κ1) is 44.4. The summed E-state index contributed by atoms with van der Waals surface area (Å²) < 4.78 is 0. The van der Waals surface area contributed by atoms with Gasteiger partial charge in [0.1, 0.15) is 0 Å². The molecule has 0 bridgehead atoms. The van der Waals surface area contributed by atoms with Crippen molar-refractivity contribution < 1.29 is 20.3 Å². The van der Waals surface area contributed by atoms with Crippen molar-refractivity contribution in [3.8, 4) is 6.57 Å². The second-order valence-electron chi connectivity index (χ2n) is 0. The molecule has 0 aromatic rings. The largest absolute Gasteiger partial charge is 1.00 e. The minimum Gasteiger partial charge on any atom is -1.00 e. The molecular formula is CH4Cl2LiN. The van der Waals surface area contributed by atoms with Crippen LogP contribution in [0.15, 0.2) is 0 Å². The number of halogens is 2. The standard InChI is InChI=1S/CHN.2ClH.Li.H/c1-2;;;;/h1H;2*1H;;/q;;;+1;-1. The molecule has 0 amide bonds. The Hall–Kier alpha value is 0.667. The predicted octanol–water partition coefficient (Wildman–Crippen LogP) is -1.90. The second-order valence-corrected chi connectivity index (χ2v) is 0. The van der Waals surface area contributed by atoms with Gasteiger partial charge < -0.3 is 1.43 Å². The van der Waals surface area contributed by atoms with Crippen LogP contribution < -0.4 is 18.9 Å². The molecule has 0 N–H and O–H groups in total. The molecule has 0 heterocycles. The molecule has 0 fully saturated rings. The van der Waals surface area contributed by atoms with Crippen molar-refractivity contribution in [2.45, 2.75) is 0 Å². The summed E-state index contributed by atoms with van der Waals surface area (Å²) in [5.74, 6) is 0. The molecule has 1 nitrogen and oxygen atoms in total. The maximum Gasteiger partial charge on any atom is 1.00 e. The maximum atomic E-state index is 6.50. The van der Waals surface area contributed by atoms with Gasteiger partial charge in [-0.3, -0.25) is 0 Å². The molecular weight excluding hydrogens is 104 g/mol. The van der Waals surface area contributed by atoms with Crippen LogP contribution in [0.3, 0.4) is 0 Å². The molecule has 0 atom stereocenters. The number of hydrogen-bond donors (Lipinski definition) is 0. The van der Waals surface area contributed by atoms with Crippen LogP contribution in [0.4, 0.5) is 0 Å². The molecule has 28 valence electrons. The fraction of sp³-hybridized carbons (Fsp3) is 0. The molecule has 0 aromatic carbocycles. The van der Waals surface area contributed by atoms with E-state index < -0.39 is 0 Å². The Balaban J connectivity index is -0.000000000833. The van der Waals surface area contributed by atoms with Crippen LogP contribution in [0, 0.1) is 11.8 Å². The first-order chi connectivity index (χ1) is 1.00. The third-order valence-corrected chi connectivity index (χ3v) is 0. The van der Waals surface area contributed by atoms with Gasteiger partial charge in [0, 0.05) is 6.57 Å². The molecule has 0 aliphatic heterocycles. The minimum atomic E-state index is 0. The van der Waals surface area contributed by atoms with Crippen molar-refractivity contribution in [3.05, 3.63) is 0 Å². The van der Waals surface area contributed by atoms with Crippen molar-refractivity contribution in [3.63, 3.8) is 0 Å². The van der Waals surface area contributed by atoms with E-state index >= 15 is 0 Å². The van der Waals surface area contributed by atoms with E-state index in [0.717, 1.165) is 0 Å². The first-order valence-electron chi connectivity index (χ1n) is 0.258. The minimum absolute atomic E-state index is 0. The molecule has 0 saturated heterocycles. The van der Waals surface area contributed by atoms with E-state index in [4.69, 9.17) is 5.26 Å². The summed E-state index contributed by atoms with van der Waals surface area (Å²) in [5, 5.41) is 6.50. The Morgan fingerprint density at radius 1 is 1.20 bits per heavy atom. The van der Waals surface area contributed by atoms with Crippen molar-refractivity contribution in [1.82, 2.24) is 0 Å². The average molecular weight is 108 g/mol. The van der Waals surface area contributed by atoms with Gasteiger partial charge in [-0.1, -0.05) is 0 Å². The second kappa shape index (κ2) is 141. The van der Waals surface area contributed by atoms with E-state index in [9.17, 15) is 0 Å². The first-order valence-corrected chi connectivity index (χ1v) is 0.258. The Kier molecular flexibility index (Phi) is 1250. The molecule has 0 saturated carbocycles. The third kappa shape index (κ3) is 74.6. The van der Waals surface area contributed by atoms with E-state index in [1.165, 1.54) is 0 Å². The van der Waals surface area contributed by atoms with Gasteiger partial charge >= 0.3 is 18.9 Å². The Bertz CT molecular complexity index is 18.3. The Labute approximate surface area is 57.2 Å². The molecule has 0 aromatic heterocycles. The SMILES string of the molecule is C#N.Cl.Cl.[H-].[Li+]. The van der Waals surface area contributed by atoms with E-state index in [1.54, 1.807) is 0 Å². The topological polar surface area (TPSA) is 23.8 Å². The summed E-state index contributed by atoms with van der Waals surface area (Å²) in [6.07, 6.45) is 0. The van der Waals surface area contributed by atoms with Gasteiger partial charge in [0.25, 0.3) is 0 Å². The molecule has 0 aliphatic carbocycles. The third-order valence-electron chi connectivity index (χ3n) is 0. The van der Waals surface area contributed by atoms with Gasteiger partial charge in [-0.15, -0.1) is 24.8 Å². The fourth-order valence-corrected chi connectivity index (χ4v) is 0. The van der Waals surface area contributed by atoms with Gasteiger partial charge in [0.05, 0.1) is 0 Å². The van der Waals surface area contributed by atoms with Crippen LogP contribution in [0.25, 0.3) is 0 Å². The van der Waals surface area contributed by atoms with Crippen LogP contribution >= 0.6 is 24.8 Å². The molecule has 0 radical (unpaired) electrons. The number of nitrogens with zero attached hydrogens (tertiary/aromatic N) is 1. The van der Waals surface area contributed by atoms with Gasteiger partial charge in [0.2, 0.25) is 0 Å². The fourth-order valence-electron chi connectivity index (χ4n) is 0. The summed E-state index contributed by atoms with van der Waals surface area (Å²) in [4.78, 5) is 0. The van der Waals surface area contributed by atoms with Crippen molar-refractivity contribution in [2.75, 3.05) is 0 Å². The van der Waals surface area contributed by atoms with Crippen LogP contribution in [-0.2, 0) is 0 Å². The smallest absolute Gasteiger partial charge is 1.00 e. The van der Waals surface area contributed by atoms with E-state index in [1.807, 2.05) is 0 Å². The van der Waals surface area contributed by atoms with Crippen LogP contribution in [-0.4, -0.2) is 0 Å². The van der Waals surface area contributed by atoms with Crippen molar-refractivity contribution in [2.24, 2.45) is 0 Å². The quantitative estimate of drug-likeness (QED) is 0.332. The summed E-state index contributed by atoms with van der Waals surface area (Å²) in [7, 11) is 0. The normalized spacial score (nSPS) is 0.400. The van der Waals surface area contributed by atoms with Crippen LogP contribution in [0.2, 0.25) is 0 Å². The summed E-state index contributed by atoms with van der Waals surface area (Å²) in [6, 6.07) is 0. The zero-order valence-corrected chi connectivity index (χ0v) is 4.47. The number of rotatable bonds is 0. The van der Waals surface area contributed by atoms with Crippen molar-refractivity contribution >= 4 is 24.8 Å². The van der Waals surface area contributed by atoms with Crippen LogP contribution in [0.1, 0.15) is 1.43 Å². The number of nitriles is 1. The Morgan fingerprint density at radius 3 is 1.20 bits per heavy atom. The molecule has 0 rings (SSSR count). The zero-order valence-electron chi connectivity index (χ0n) is 3.84. The maximum absolute atomic E-state index is 6.50. The molecule has 0 unspecified atom stereocenters. The summed E-state index contributed by atoms with van der Waals surface area (Å²) in [5.41, 5.74) is 0. The zero-order chi connectivity index (χ0) is 2.00. The van der Waals surface area contributed by atoms with Gasteiger partial charge in [-0.2, -0.15) is 0 Å². The van der Waals surface area contributed by atoms with Gasteiger partial charge in [0.15, 0.2) is 0 Å². The van der Waals surface area contributed by atoms with Crippen molar-refractivity contribution in [1.29, 1.82) is 5.26 Å². The van der Waals surface area contributed by atoms with Gasteiger partial charge in [-0.25, -0.2) is 5.26 Å². The Morgan fingerprint density at radius 2 is 1.20 bits per heavy atom.